The first-order valence-corrected chi connectivity index (χ1v) is 7.22. The SMILES string of the molecule is CNC1CCN(Cc2ncc(-c3cccc(Cl)c3)o2)C1. The first kappa shape index (κ1) is 13.6. The highest BCUT2D eigenvalue weighted by Gasteiger charge is 2.22. The molecule has 1 saturated heterocycles. The molecule has 0 amide bonds. The molecule has 1 N–H and O–H groups in total. The molecule has 0 saturated carbocycles. The third-order valence-corrected chi connectivity index (χ3v) is 3.94. The molecule has 1 aliphatic rings. The van der Waals surface area contributed by atoms with Crippen LogP contribution in [0.4, 0.5) is 0 Å². The number of halogens is 1. The summed E-state index contributed by atoms with van der Waals surface area (Å²) in [7, 11) is 2.01. The highest BCUT2D eigenvalue weighted by Crippen LogP contribution is 2.24. The Labute approximate surface area is 123 Å². The minimum atomic E-state index is 0.581. The van der Waals surface area contributed by atoms with Gasteiger partial charge in [-0.25, -0.2) is 4.98 Å². The van der Waals surface area contributed by atoms with E-state index in [4.69, 9.17) is 16.0 Å². The average Bonchev–Trinajstić information content (AvgIpc) is 3.08. The standard InChI is InChI=1S/C15H18ClN3O/c1-17-13-5-6-19(9-13)10-15-18-8-14(20-15)11-3-2-4-12(16)7-11/h2-4,7-8,13,17H,5-6,9-10H2,1H3. The zero-order chi connectivity index (χ0) is 13.9. The van der Waals surface area contributed by atoms with E-state index >= 15 is 0 Å². The second-order valence-electron chi connectivity index (χ2n) is 5.14. The fraction of sp³-hybridized carbons (Fsp3) is 0.400. The second kappa shape index (κ2) is 5.95. The maximum Gasteiger partial charge on any atom is 0.209 e. The van der Waals surface area contributed by atoms with Gasteiger partial charge in [0, 0.05) is 29.7 Å². The maximum atomic E-state index is 5.99. The van der Waals surface area contributed by atoms with Gasteiger partial charge >= 0.3 is 0 Å². The molecule has 3 rings (SSSR count). The molecule has 4 nitrogen and oxygen atoms in total. The van der Waals surface area contributed by atoms with Crippen LogP contribution in [0, 0.1) is 0 Å². The van der Waals surface area contributed by atoms with E-state index in [0.29, 0.717) is 11.1 Å². The number of oxazole rings is 1. The van der Waals surface area contributed by atoms with Gasteiger partial charge in [-0.05, 0) is 25.6 Å². The highest BCUT2D eigenvalue weighted by molar-refractivity contribution is 6.30. The van der Waals surface area contributed by atoms with E-state index in [-0.39, 0.29) is 0 Å². The van der Waals surface area contributed by atoms with Crippen molar-refractivity contribution in [2.24, 2.45) is 0 Å². The lowest BCUT2D eigenvalue weighted by Gasteiger charge is -2.13. The first-order chi connectivity index (χ1) is 9.74. The van der Waals surface area contributed by atoms with E-state index in [9.17, 15) is 0 Å². The van der Waals surface area contributed by atoms with Crippen molar-refractivity contribution in [3.8, 4) is 11.3 Å². The number of rotatable bonds is 4. The van der Waals surface area contributed by atoms with Gasteiger partial charge < -0.3 is 9.73 Å². The quantitative estimate of drug-likeness (QED) is 0.940. The van der Waals surface area contributed by atoms with E-state index in [2.05, 4.69) is 15.2 Å². The normalized spacial score (nSPS) is 19.6. The number of nitrogens with one attached hydrogen (secondary N) is 1. The number of hydrogen-bond acceptors (Lipinski definition) is 4. The van der Waals surface area contributed by atoms with Crippen LogP contribution in [0.15, 0.2) is 34.9 Å². The van der Waals surface area contributed by atoms with Gasteiger partial charge in [-0.3, -0.25) is 4.90 Å². The number of likely N-dealkylation sites (tertiary alicyclic amines) is 1. The molecule has 1 atom stereocenters. The third-order valence-electron chi connectivity index (χ3n) is 3.70. The Balaban J connectivity index is 1.68. The summed E-state index contributed by atoms with van der Waals surface area (Å²) in [4.78, 5) is 6.72. The molecule has 0 radical (unpaired) electrons. The summed E-state index contributed by atoms with van der Waals surface area (Å²) in [6, 6.07) is 8.21. The van der Waals surface area contributed by atoms with Crippen LogP contribution in [0.2, 0.25) is 5.02 Å². The van der Waals surface area contributed by atoms with Gasteiger partial charge in [-0.15, -0.1) is 0 Å². The number of nitrogens with zero attached hydrogens (tertiary/aromatic N) is 2. The molecular weight excluding hydrogens is 274 g/mol. The lowest BCUT2D eigenvalue weighted by atomic mass is 10.2. The smallest absolute Gasteiger partial charge is 0.209 e. The van der Waals surface area contributed by atoms with E-state index in [1.54, 1.807) is 6.20 Å². The van der Waals surface area contributed by atoms with Gasteiger partial charge in [0.05, 0.1) is 12.7 Å². The van der Waals surface area contributed by atoms with Crippen molar-refractivity contribution in [1.82, 2.24) is 15.2 Å². The molecule has 0 spiro atoms. The van der Waals surface area contributed by atoms with Crippen molar-refractivity contribution >= 4 is 11.6 Å². The minimum absolute atomic E-state index is 0.581. The fourth-order valence-electron chi connectivity index (χ4n) is 2.56. The van der Waals surface area contributed by atoms with E-state index in [0.717, 1.165) is 36.8 Å². The second-order valence-corrected chi connectivity index (χ2v) is 5.57. The largest absolute Gasteiger partial charge is 0.439 e. The number of likely N-dealkylation sites (N-methyl/N-ethyl adjacent to an activating group) is 1. The summed E-state index contributed by atoms with van der Waals surface area (Å²) in [5, 5.41) is 4.02. The van der Waals surface area contributed by atoms with Crippen molar-refractivity contribution in [2.45, 2.75) is 19.0 Å². The molecule has 1 unspecified atom stereocenters. The third kappa shape index (κ3) is 3.03. The first-order valence-electron chi connectivity index (χ1n) is 6.85. The van der Waals surface area contributed by atoms with Crippen molar-refractivity contribution in [3.63, 3.8) is 0 Å². The van der Waals surface area contributed by atoms with Gasteiger partial charge in [0.1, 0.15) is 0 Å². The Hall–Kier alpha value is -1.36. The predicted molar refractivity (Wildman–Crippen MR) is 79.7 cm³/mol. The van der Waals surface area contributed by atoms with E-state index < -0.39 is 0 Å². The molecule has 106 valence electrons. The van der Waals surface area contributed by atoms with Crippen molar-refractivity contribution in [2.75, 3.05) is 20.1 Å². The molecular formula is C15H18ClN3O. The Morgan fingerprint density at radius 3 is 3.15 bits per heavy atom. The van der Waals surface area contributed by atoms with E-state index in [1.165, 1.54) is 6.42 Å². The van der Waals surface area contributed by atoms with E-state index in [1.807, 2.05) is 31.3 Å². The lowest BCUT2D eigenvalue weighted by molar-refractivity contribution is 0.286. The molecule has 5 heteroatoms. The monoisotopic (exact) mass is 291 g/mol. The van der Waals surface area contributed by atoms with Gasteiger partial charge in [0.25, 0.3) is 0 Å². The van der Waals surface area contributed by atoms with Crippen LogP contribution in [-0.4, -0.2) is 36.1 Å². The molecule has 1 aromatic heterocycles. The van der Waals surface area contributed by atoms with Crippen LogP contribution in [0.3, 0.4) is 0 Å². The number of hydrogen-bond donors (Lipinski definition) is 1. The Bertz CT molecular complexity index is 584. The van der Waals surface area contributed by atoms with Crippen LogP contribution in [-0.2, 0) is 6.54 Å². The van der Waals surface area contributed by atoms with Crippen LogP contribution >= 0.6 is 11.6 Å². The molecule has 2 aromatic rings. The maximum absolute atomic E-state index is 5.99. The molecule has 1 aliphatic heterocycles. The molecule has 2 heterocycles. The van der Waals surface area contributed by atoms with Crippen LogP contribution in [0.5, 0.6) is 0 Å². The van der Waals surface area contributed by atoms with Crippen LogP contribution in [0.25, 0.3) is 11.3 Å². The Kier molecular flexibility index (Phi) is 4.05. The summed E-state index contributed by atoms with van der Waals surface area (Å²) in [5.74, 6) is 1.53. The summed E-state index contributed by atoms with van der Waals surface area (Å²) in [6.45, 7) is 2.89. The molecule has 1 aromatic carbocycles. The highest BCUT2D eigenvalue weighted by atomic mass is 35.5. The lowest BCUT2D eigenvalue weighted by Crippen LogP contribution is -2.29. The van der Waals surface area contributed by atoms with Crippen molar-refractivity contribution in [3.05, 3.63) is 41.4 Å². The fourth-order valence-corrected chi connectivity index (χ4v) is 2.75. The Morgan fingerprint density at radius 2 is 2.40 bits per heavy atom. The molecule has 1 fully saturated rings. The zero-order valence-corrected chi connectivity index (χ0v) is 12.2. The summed E-state index contributed by atoms with van der Waals surface area (Å²) < 4.78 is 5.82. The van der Waals surface area contributed by atoms with Crippen LogP contribution < -0.4 is 5.32 Å². The zero-order valence-electron chi connectivity index (χ0n) is 11.5. The van der Waals surface area contributed by atoms with Crippen molar-refractivity contribution in [1.29, 1.82) is 0 Å². The van der Waals surface area contributed by atoms with Crippen LogP contribution in [0.1, 0.15) is 12.3 Å². The molecule has 0 aliphatic carbocycles. The summed E-state index contributed by atoms with van der Waals surface area (Å²) in [6.07, 6.45) is 2.95. The predicted octanol–water partition coefficient (Wildman–Crippen LogP) is 2.79. The average molecular weight is 292 g/mol. The summed E-state index contributed by atoms with van der Waals surface area (Å²) >= 11 is 5.99. The molecule has 0 bridgehead atoms. The van der Waals surface area contributed by atoms with Crippen molar-refractivity contribution < 1.29 is 4.42 Å². The van der Waals surface area contributed by atoms with Gasteiger partial charge in [-0.2, -0.15) is 0 Å². The number of aromatic nitrogens is 1. The molecule has 20 heavy (non-hydrogen) atoms. The van der Waals surface area contributed by atoms with Gasteiger partial charge in [0.2, 0.25) is 5.89 Å². The van der Waals surface area contributed by atoms with Gasteiger partial charge in [0.15, 0.2) is 5.76 Å². The Morgan fingerprint density at radius 1 is 1.50 bits per heavy atom. The number of benzene rings is 1. The minimum Gasteiger partial charge on any atom is -0.439 e. The summed E-state index contributed by atoms with van der Waals surface area (Å²) in [5.41, 5.74) is 0.964. The van der Waals surface area contributed by atoms with Gasteiger partial charge in [-0.1, -0.05) is 23.7 Å². The topological polar surface area (TPSA) is 41.3 Å².